The molecule has 0 aliphatic heterocycles. The molecule has 0 aromatic carbocycles. The Hall–Kier alpha value is 1.35. The van der Waals surface area contributed by atoms with Gasteiger partial charge in [0.1, 0.15) is 0 Å². The van der Waals surface area contributed by atoms with E-state index in [9.17, 15) is 0 Å². The van der Waals surface area contributed by atoms with Crippen molar-refractivity contribution in [2.75, 3.05) is 10.7 Å². The fourth-order valence-electron chi connectivity index (χ4n) is 4.97. The van der Waals surface area contributed by atoms with E-state index < -0.39 is 16.6 Å². The van der Waals surface area contributed by atoms with Crippen molar-refractivity contribution in [3.63, 3.8) is 0 Å². The van der Waals surface area contributed by atoms with E-state index in [1.165, 1.54) is 151 Å². The monoisotopic (exact) mass is 626 g/mol. The number of rotatable bonds is 26. The van der Waals surface area contributed by atoms with E-state index in [1.54, 1.807) is 0 Å². The molecule has 0 bridgehead atoms. The molecule has 0 saturated carbocycles. The first-order valence-corrected chi connectivity index (χ1v) is 23.1. The first-order chi connectivity index (χ1) is 15.8. The zero-order chi connectivity index (χ0) is 24.7. The van der Waals surface area contributed by atoms with E-state index >= 15 is 0 Å². The maximum atomic E-state index is 6.88. The third-order valence-corrected chi connectivity index (χ3v) is 15.5. The number of unbranched alkanes of at least 4 members (excludes halogenated alkanes) is 18. The molecule has 0 heterocycles. The van der Waals surface area contributed by atoms with Crippen molar-refractivity contribution in [2.24, 2.45) is 0 Å². The van der Waals surface area contributed by atoms with Gasteiger partial charge in [0.25, 0.3) is 0 Å². The second-order valence-corrected chi connectivity index (χ2v) is 22.0. The summed E-state index contributed by atoms with van der Waals surface area (Å²) in [7, 11) is -2.96. The largest absolute Gasteiger partial charge is 0.455 e. The third-order valence-electron chi connectivity index (χ3n) is 6.88. The van der Waals surface area contributed by atoms with Gasteiger partial charge in [-0.1, -0.05) is 147 Å². The van der Waals surface area contributed by atoms with Crippen molar-refractivity contribution in [1.82, 2.24) is 0 Å². The average Bonchev–Trinajstić information content (AvgIpc) is 2.75. The fourth-order valence-corrected chi connectivity index (χ4v) is 14.8. The van der Waals surface area contributed by atoms with E-state index in [4.69, 9.17) is 4.12 Å². The molecule has 0 amide bonds. The lowest BCUT2D eigenvalue weighted by atomic mass is 10.1. The lowest BCUT2D eigenvalue weighted by molar-refractivity contribution is 0.515. The van der Waals surface area contributed by atoms with E-state index in [-0.39, 0.29) is 0 Å². The standard InChI is InChI=1S/C28H60Br2OSi2/c1-32(2,27-23-19-15-11-7-5-9-13-17-21-25-29)31-33(3,4)28-24-20-16-12-8-6-10-14-18-22-26-30/h5-28H2,1-4H3. The van der Waals surface area contributed by atoms with Crippen LogP contribution in [0.3, 0.4) is 0 Å². The highest BCUT2D eigenvalue weighted by molar-refractivity contribution is 9.09. The summed E-state index contributed by atoms with van der Waals surface area (Å²) in [5.41, 5.74) is 0. The molecule has 1 nitrogen and oxygen atoms in total. The average molecular weight is 629 g/mol. The molecule has 0 unspecified atom stereocenters. The number of halogens is 2. The molecule has 0 fully saturated rings. The number of hydrogen-bond acceptors (Lipinski definition) is 1. The lowest BCUT2D eigenvalue weighted by Gasteiger charge is -2.34. The molecular weight excluding hydrogens is 568 g/mol. The van der Waals surface area contributed by atoms with Crippen LogP contribution in [0.2, 0.25) is 38.3 Å². The smallest absolute Gasteiger partial charge is 0.173 e. The van der Waals surface area contributed by atoms with Crippen molar-refractivity contribution in [3.8, 4) is 0 Å². The Morgan fingerprint density at radius 2 is 0.576 bits per heavy atom. The van der Waals surface area contributed by atoms with Crippen molar-refractivity contribution in [2.45, 2.75) is 167 Å². The van der Waals surface area contributed by atoms with Crippen molar-refractivity contribution in [3.05, 3.63) is 0 Å². The van der Waals surface area contributed by atoms with Gasteiger partial charge in [-0.25, -0.2) is 0 Å². The van der Waals surface area contributed by atoms with Crippen LogP contribution in [0.5, 0.6) is 0 Å². The Kier molecular flexibility index (Phi) is 24.7. The van der Waals surface area contributed by atoms with Crippen molar-refractivity contribution in [1.29, 1.82) is 0 Å². The van der Waals surface area contributed by atoms with Gasteiger partial charge in [0.05, 0.1) is 0 Å². The Bertz CT molecular complexity index is 369. The van der Waals surface area contributed by atoms with Crippen LogP contribution in [-0.2, 0) is 4.12 Å². The van der Waals surface area contributed by atoms with E-state index in [2.05, 4.69) is 58.0 Å². The molecule has 0 saturated heterocycles. The van der Waals surface area contributed by atoms with Crippen LogP contribution < -0.4 is 0 Å². The maximum Gasteiger partial charge on any atom is 0.173 e. The highest BCUT2D eigenvalue weighted by atomic mass is 79.9. The predicted molar refractivity (Wildman–Crippen MR) is 166 cm³/mol. The van der Waals surface area contributed by atoms with Gasteiger partial charge in [-0.15, -0.1) is 0 Å². The Morgan fingerprint density at radius 3 is 0.818 bits per heavy atom. The van der Waals surface area contributed by atoms with Crippen molar-refractivity contribution >= 4 is 48.5 Å². The molecular formula is C28H60Br2OSi2. The minimum atomic E-state index is -1.48. The molecule has 0 radical (unpaired) electrons. The maximum absolute atomic E-state index is 6.88. The molecule has 0 N–H and O–H groups in total. The molecule has 0 spiro atoms. The normalized spacial score (nSPS) is 12.5. The van der Waals surface area contributed by atoms with Gasteiger partial charge in [0.15, 0.2) is 16.6 Å². The van der Waals surface area contributed by atoms with Gasteiger partial charge in [0, 0.05) is 10.7 Å². The number of alkyl halides is 2. The summed E-state index contributed by atoms with van der Waals surface area (Å²) < 4.78 is 6.88. The van der Waals surface area contributed by atoms with Crippen LogP contribution in [0, 0.1) is 0 Å². The number of hydrogen-bond donors (Lipinski definition) is 0. The van der Waals surface area contributed by atoms with E-state index in [0.717, 1.165) is 0 Å². The second-order valence-electron chi connectivity index (χ2n) is 11.6. The molecule has 0 aliphatic carbocycles. The topological polar surface area (TPSA) is 9.23 Å². The highest BCUT2D eigenvalue weighted by Crippen LogP contribution is 2.26. The highest BCUT2D eigenvalue weighted by Gasteiger charge is 2.32. The van der Waals surface area contributed by atoms with Crippen LogP contribution in [0.15, 0.2) is 0 Å². The summed E-state index contributed by atoms with van der Waals surface area (Å²) in [5, 5.41) is 2.35. The minimum absolute atomic E-state index is 1.18. The molecule has 5 heteroatoms. The van der Waals surface area contributed by atoms with Gasteiger partial charge in [-0.2, -0.15) is 0 Å². The molecule has 0 rings (SSSR count). The Balaban J connectivity index is 3.62. The van der Waals surface area contributed by atoms with Crippen molar-refractivity contribution < 1.29 is 4.12 Å². The first kappa shape index (κ1) is 34.4. The summed E-state index contributed by atoms with van der Waals surface area (Å²) in [4.78, 5) is 0. The van der Waals surface area contributed by atoms with Gasteiger partial charge >= 0.3 is 0 Å². The van der Waals surface area contributed by atoms with E-state index in [1.807, 2.05) is 0 Å². The van der Waals surface area contributed by atoms with Gasteiger partial charge in [0.2, 0.25) is 0 Å². The van der Waals surface area contributed by atoms with Gasteiger partial charge < -0.3 is 4.12 Å². The molecule has 0 atom stereocenters. The first-order valence-electron chi connectivity index (χ1n) is 14.6. The molecule has 0 aromatic heterocycles. The molecule has 200 valence electrons. The third kappa shape index (κ3) is 26.2. The molecule has 0 aromatic rings. The van der Waals surface area contributed by atoms with Crippen LogP contribution in [0.1, 0.15) is 128 Å². The molecule has 33 heavy (non-hydrogen) atoms. The summed E-state index contributed by atoms with van der Waals surface area (Å²) in [6.45, 7) is 9.92. The van der Waals surface area contributed by atoms with Crippen LogP contribution in [0.4, 0.5) is 0 Å². The lowest BCUT2D eigenvalue weighted by Crippen LogP contribution is -2.44. The summed E-state index contributed by atoms with van der Waals surface area (Å²) in [5.74, 6) is 0. The fraction of sp³-hybridized carbons (Fsp3) is 1.00. The van der Waals surface area contributed by atoms with Crippen LogP contribution in [-0.4, -0.2) is 27.3 Å². The zero-order valence-corrected chi connectivity index (χ0v) is 28.3. The molecule has 0 aliphatic rings. The SMILES string of the molecule is C[Si](C)(CCCCCCCCCCCCBr)O[Si](C)(C)CCCCCCCCCCCCBr. The van der Waals surface area contributed by atoms with Crippen LogP contribution >= 0.6 is 31.9 Å². The van der Waals surface area contributed by atoms with Crippen LogP contribution in [0.25, 0.3) is 0 Å². The Morgan fingerprint density at radius 1 is 0.364 bits per heavy atom. The summed E-state index contributed by atoms with van der Waals surface area (Å²) in [6, 6.07) is 2.73. The second kappa shape index (κ2) is 23.7. The minimum Gasteiger partial charge on any atom is -0.455 e. The van der Waals surface area contributed by atoms with Gasteiger partial charge in [-0.05, 0) is 51.1 Å². The summed E-state index contributed by atoms with van der Waals surface area (Å²) in [6.07, 6.45) is 28.4. The predicted octanol–water partition coefficient (Wildman–Crippen LogP) is 12.0. The zero-order valence-electron chi connectivity index (χ0n) is 23.1. The van der Waals surface area contributed by atoms with Gasteiger partial charge in [-0.3, -0.25) is 0 Å². The summed E-state index contributed by atoms with van der Waals surface area (Å²) >= 11 is 7.05. The quantitative estimate of drug-likeness (QED) is 0.0526. The Labute approximate surface area is 228 Å². The van der Waals surface area contributed by atoms with E-state index in [0.29, 0.717) is 0 Å².